The summed E-state index contributed by atoms with van der Waals surface area (Å²) in [4.78, 5) is 14.4. The smallest absolute Gasteiger partial charge is 0.257 e. The molecule has 0 N–H and O–H groups in total. The third-order valence-corrected chi connectivity index (χ3v) is 3.44. The summed E-state index contributed by atoms with van der Waals surface area (Å²) in [6.45, 7) is 5.32. The molecule has 1 aliphatic heterocycles. The highest BCUT2D eigenvalue weighted by Gasteiger charge is 2.27. The van der Waals surface area contributed by atoms with E-state index in [0.29, 0.717) is 10.4 Å². The fourth-order valence-electron chi connectivity index (χ4n) is 1.92. The summed E-state index contributed by atoms with van der Waals surface area (Å²) in [6, 6.07) is 1.82. The maximum atomic E-state index is 12.1. The van der Waals surface area contributed by atoms with E-state index >= 15 is 0 Å². The first kappa shape index (κ1) is 10.7. The molecular formula is C11H14BrNO2. The van der Waals surface area contributed by atoms with Crippen LogP contribution in [0.4, 0.5) is 0 Å². The minimum atomic E-state index is 0.0892. The van der Waals surface area contributed by atoms with Crippen molar-refractivity contribution >= 4 is 21.8 Å². The normalized spacial score (nSPS) is 21.0. The van der Waals surface area contributed by atoms with Crippen molar-refractivity contribution in [3.63, 3.8) is 0 Å². The van der Waals surface area contributed by atoms with Gasteiger partial charge in [-0.25, -0.2) is 0 Å². The van der Waals surface area contributed by atoms with Crippen LogP contribution in [0.1, 0.15) is 28.3 Å². The first-order valence-electron chi connectivity index (χ1n) is 5.08. The minimum Gasteiger partial charge on any atom is -0.466 e. The Labute approximate surface area is 97.6 Å². The Morgan fingerprint density at radius 2 is 2.33 bits per heavy atom. The molecule has 1 amide bonds. The van der Waals surface area contributed by atoms with E-state index < -0.39 is 0 Å². The zero-order valence-corrected chi connectivity index (χ0v) is 10.5. The molecule has 1 aromatic heterocycles. The van der Waals surface area contributed by atoms with Crippen LogP contribution in [0.25, 0.3) is 0 Å². The van der Waals surface area contributed by atoms with Gasteiger partial charge < -0.3 is 9.32 Å². The van der Waals surface area contributed by atoms with Crippen molar-refractivity contribution in [2.24, 2.45) is 0 Å². The predicted octanol–water partition coefficient (Wildman–Crippen LogP) is 2.51. The van der Waals surface area contributed by atoms with E-state index in [1.807, 2.05) is 24.8 Å². The second-order valence-electron chi connectivity index (χ2n) is 3.96. The van der Waals surface area contributed by atoms with Crippen molar-refractivity contribution in [2.75, 3.05) is 13.1 Å². The summed E-state index contributed by atoms with van der Waals surface area (Å²) in [5.74, 6) is 1.60. The predicted molar refractivity (Wildman–Crippen MR) is 61.4 cm³/mol. The van der Waals surface area contributed by atoms with E-state index in [1.54, 1.807) is 0 Å². The fraction of sp³-hybridized carbons (Fsp3) is 0.545. The van der Waals surface area contributed by atoms with Crippen molar-refractivity contribution in [1.82, 2.24) is 4.90 Å². The number of carbonyl (C=O) groups excluding carboxylic acids is 1. The quantitative estimate of drug-likeness (QED) is 0.736. The van der Waals surface area contributed by atoms with Crippen molar-refractivity contribution in [1.29, 1.82) is 0 Å². The van der Waals surface area contributed by atoms with Crippen LogP contribution >= 0.6 is 15.9 Å². The molecule has 0 saturated carbocycles. The van der Waals surface area contributed by atoms with E-state index in [9.17, 15) is 4.79 Å². The minimum absolute atomic E-state index is 0.0892. The van der Waals surface area contributed by atoms with Crippen molar-refractivity contribution in [3.05, 3.63) is 23.2 Å². The van der Waals surface area contributed by atoms with Gasteiger partial charge in [-0.2, -0.15) is 0 Å². The average Bonchev–Trinajstić information content (AvgIpc) is 2.71. The SMILES string of the molecule is Cc1cc(C(=O)N2CCC(Br)C2)c(C)o1. The number of alkyl halides is 1. The lowest BCUT2D eigenvalue weighted by atomic mass is 10.2. The molecule has 3 nitrogen and oxygen atoms in total. The Kier molecular flexibility index (Phi) is 2.87. The van der Waals surface area contributed by atoms with Gasteiger partial charge in [0.15, 0.2) is 0 Å². The van der Waals surface area contributed by atoms with Crippen LogP contribution < -0.4 is 0 Å². The summed E-state index contributed by atoms with van der Waals surface area (Å²) >= 11 is 3.53. The summed E-state index contributed by atoms with van der Waals surface area (Å²) in [5, 5.41) is 0. The molecule has 0 radical (unpaired) electrons. The van der Waals surface area contributed by atoms with Gasteiger partial charge in [0.05, 0.1) is 5.56 Å². The molecule has 15 heavy (non-hydrogen) atoms. The lowest BCUT2D eigenvalue weighted by Crippen LogP contribution is -2.28. The standard InChI is InChI=1S/C11H14BrNO2/c1-7-5-10(8(2)15-7)11(14)13-4-3-9(12)6-13/h5,9H,3-4,6H2,1-2H3. The van der Waals surface area contributed by atoms with Gasteiger partial charge in [0, 0.05) is 17.9 Å². The Morgan fingerprint density at radius 3 is 2.80 bits per heavy atom. The largest absolute Gasteiger partial charge is 0.466 e. The number of rotatable bonds is 1. The highest BCUT2D eigenvalue weighted by atomic mass is 79.9. The molecule has 0 spiro atoms. The Bertz CT molecular complexity index is 386. The summed E-state index contributed by atoms with van der Waals surface area (Å²) < 4.78 is 5.36. The lowest BCUT2D eigenvalue weighted by Gasteiger charge is -2.14. The number of hydrogen-bond donors (Lipinski definition) is 0. The second kappa shape index (κ2) is 4.00. The third kappa shape index (κ3) is 2.09. The van der Waals surface area contributed by atoms with Crippen molar-refractivity contribution in [3.8, 4) is 0 Å². The maximum absolute atomic E-state index is 12.1. The van der Waals surface area contributed by atoms with E-state index in [1.165, 1.54) is 0 Å². The molecule has 1 saturated heterocycles. The van der Waals surface area contributed by atoms with Crippen LogP contribution in [-0.4, -0.2) is 28.7 Å². The van der Waals surface area contributed by atoms with Crippen LogP contribution in [0.3, 0.4) is 0 Å². The van der Waals surface area contributed by atoms with Crippen LogP contribution in [0.2, 0.25) is 0 Å². The van der Waals surface area contributed by atoms with Gasteiger partial charge in [-0.15, -0.1) is 0 Å². The molecule has 1 atom stereocenters. The van der Waals surface area contributed by atoms with E-state index in [-0.39, 0.29) is 5.91 Å². The van der Waals surface area contributed by atoms with Gasteiger partial charge in [-0.3, -0.25) is 4.79 Å². The highest BCUT2D eigenvalue weighted by molar-refractivity contribution is 9.09. The molecule has 1 aromatic rings. The molecule has 1 fully saturated rings. The molecular weight excluding hydrogens is 258 g/mol. The number of furan rings is 1. The summed E-state index contributed by atoms with van der Waals surface area (Å²) in [6.07, 6.45) is 1.03. The number of aryl methyl sites for hydroxylation is 2. The van der Waals surface area contributed by atoms with Crippen LogP contribution in [0, 0.1) is 13.8 Å². The Balaban J connectivity index is 2.17. The number of amides is 1. The first-order valence-corrected chi connectivity index (χ1v) is 6.00. The first-order chi connectivity index (χ1) is 7.08. The second-order valence-corrected chi connectivity index (χ2v) is 5.26. The highest BCUT2D eigenvalue weighted by Crippen LogP contribution is 2.21. The monoisotopic (exact) mass is 271 g/mol. The van der Waals surface area contributed by atoms with Gasteiger partial charge in [-0.05, 0) is 26.3 Å². The van der Waals surface area contributed by atoms with Gasteiger partial charge >= 0.3 is 0 Å². The van der Waals surface area contributed by atoms with E-state index in [0.717, 1.165) is 31.0 Å². The van der Waals surface area contributed by atoms with Gasteiger partial charge in [0.2, 0.25) is 0 Å². The van der Waals surface area contributed by atoms with Gasteiger partial charge in [0.1, 0.15) is 11.5 Å². The number of carbonyl (C=O) groups is 1. The Morgan fingerprint density at radius 1 is 1.60 bits per heavy atom. The zero-order chi connectivity index (χ0) is 11.0. The zero-order valence-electron chi connectivity index (χ0n) is 8.92. The summed E-state index contributed by atoms with van der Waals surface area (Å²) in [7, 11) is 0. The van der Waals surface area contributed by atoms with Crippen molar-refractivity contribution in [2.45, 2.75) is 25.1 Å². The number of halogens is 1. The molecule has 1 unspecified atom stereocenters. The molecule has 0 bridgehead atoms. The molecule has 1 aliphatic rings. The molecule has 82 valence electrons. The topological polar surface area (TPSA) is 33.5 Å². The number of nitrogens with zero attached hydrogens (tertiary/aromatic N) is 1. The third-order valence-electron chi connectivity index (χ3n) is 2.69. The van der Waals surface area contributed by atoms with Crippen LogP contribution in [0.5, 0.6) is 0 Å². The van der Waals surface area contributed by atoms with E-state index in [2.05, 4.69) is 15.9 Å². The van der Waals surface area contributed by atoms with Crippen LogP contribution in [-0.2, 0) is 0 Å². The summed E-state index contributed by atoms with van der Waals surface area (Å²) in [5.41, 5.74) is 0.703. The lowest BCUT2D eigenvalue weighted by molar-refractivity contribution is 0.0791. The Hall–Kier alpha value is -0.770. The maximum Gasteiger partial charge on any atom is 0.257 e. The number of likely N-dealkylation sites (tertiary alicyclic amines) is 1. The molecule has 0 aromatic carbocycles. The molecule has 0 aliphatic carbocycles. The molecule has 2 heterocycles. The van der Waals surface area contributed by atoms with Crippen LogP contribution in [0.15, 0.2) is 10.5 Å². The molecule has 4 heteroatoms. The van der Waals surface area contributed by atoms with E-state index in [4.69, 9.17) is 4.42 Å². The van der Waals surface area contributed by atoms with Crippen molar-refractivity contribution < 1.29 is 9.21 Å². The average molecular weight is 272 g/mol. The molecule has 2 rings (SSSR count). The number of hydrogen-bond acceptors (Lipinski definition) is 2. The fourth-order valence-corrected chi connectivity index (χ4v) is 2.47. The van der Waals surface area contributed by atoms with Gasteiger partial charge in [0.25, 0.3) is 5.91 Å². The van der Waals surface area contributed by atoms with Gasteiger partial charge in [-0.1, -0.05) is 15.9 Å².